The molecule has 1 unspecified atom stereocenters. The average molecular weight is 312 g/mol. The maximum Gasteiger partial charge on any atom is 0.305 e. The summed E-state index contributed by atoms with van der Waals surface area (Å²) in [6.07, 6.45) is 0. The fourth-order valence-corrected chi connectivity index (χ4v) is 4.12. The molecule has 0 saturated heterocycles. The fourth-order valence-electron chi connectivity index (χ4n) is 1.87. The van der Waals surface area contributed by atoms with Crippen molar-refractivity contribution >= 4 is 45.6 Å². The van der Waals surface area contributed by atoms with Crippen LogP contribution in [0.3, 0.4) is 0 Å². The van der Waals surface area contributed by atoms with E-state index >= 15 is 0 Å². The molecule has 1 N–H and O–H groups in total. The van der Waals surface area contributed by atoms with Gasteiger partial charge in [0.15, 0.2) is 5.78 Å². The SMILES string of the molecule is O=C1Sc2[nH]c(=O)sc2C1C(=O)c1ccc(Cl)cc1. The zero-order valence-electron chi connectivity index (χ0n) is 9.31. The molecule has 19 heavy (non-hydrogen) atoms. The summed E-state index contributed by atoms with van der Waals surface area (Å²) in [5.41, 5.74) is 0.414. The van der Waals surface area contributed by atoms with Crippen LogP contribution in [-0.2, 0) is 4.79 Å². The van der Waals surface area contributed by atoms with Gasteiger partial charge in [0.2, 0.25) is 5.12 Å². The maximum atomic E-state index is 12.4. The van der Waals surface area contributed by atoms with E-state index in [1.54, 1.807) is 24.3 Å². The number of thiazole rings is 1. The third-order valence-corrected chi connectivity index (χ3v) is 5.02. The number of benzene rings is 1. The van der Waals surface area contributed by atoms with Crippen LogP contribution >= 0.6 is 34.7 Å². The number of Topliss-reactive ketones (excluding diaryl/α,β-unsaturated/α-hetero) is 1. The number of halogens is 1. The summed E-state index contributed by atoms with van der Waals surface area (Å²) in [5, 5.41) is 0.764. The molecular formula is C12H6ClNO3S2. The topological polar surface area (TPSA) is 67.0 Å². The predicted molar refractivity (Wildman–Crippen MR) is 74.3 cm³/mol. The Kier molecular flexibility index (Phi) is 3.08. The Morgan fingerprint density at radius 2 is 1.89 bits per heavy atom. The van der Waals surface area contributed by atoms with Crippen LogP contribution in [0.1, 0.15) is 21.2 Å². The van der Waals surface area contributed by atoms with E-state index in [1.165, 1.54) is 0 Å². The molecular weight excluding hydrogens is 306 g/mol. The van der Waals surface area contributed by atoms with Gasteiger partial charge in [0, 0.05) is 10.6 Å². The number of thioether (sulfide) groups is 1. The van der Waals surface area contributed by atoms with Gasteiger partial charge in [-0.15, -0.1) is 0 Å². The number of aromatic amines is 1. The first-order valence-electron chi connectivity index (χ1n) is 5.31. The first kappa shape index (κ1) is 12.7. The Balaban J connectivity index is 2.02. The highest BCUT2D eigenvalue weighted by molar-refractivity contribution is 8.14. The summed E-state index contributed by atoms with van der Waals surface area (Å²) in [7, 11) is 0. The first-order valence-corrected chi connectivity index (χ1v) is 7.32. The largest absolute Gasteiger partial charge is 0.307 e. The molecule has 1 aliphatic heterocycles. The van der Waals surface area contributed by atoms with Gasteiger partial charge in [0.1, 0.15) is 5.92 Å². The van der Waals surface area contributed by atoms with Gasteiger partial charge in [-0.25, -0.2) is 0 Å². The zero-order chi connectivity index (χ0) is 13.6. The number of hydrogen-bond donors (Lipinski definition) is 1. The van der Waals surface area contributed by atoms with Gasteiger partial charge in [-0.3, -0.25) is 14.4 Å². The number of carbonyl (C=O) groups is 2. The molecule has 1 atom stereocenters. The average Bonchev–Trinajstić information content (AvgIpc) is 2.84. The lowest BCUT2D eigenvalue weighted by atomic mass is 9.98. The van der Waals surface area contributed by atoms with E-state index in [-0.39, 0.29) is 15.8 Å². The van der Waals surface area contributed by atoms with Crippen LogP contribution in [0.4, 0.5) is 0 Å². The van der Waals surface area contributed by atoms with Crippen molar-refractivity contribution in [3.8, 4) is 0 Å². The highest BCUT2D eigenvalue weighted by Gasteiger charge is 2.40. The van der Waals surface area contributed by atoms with E-state index in [4.69, 9.17) is 11.6 Å². The number of ketones is 1. The van der Waals surface area contributed by atoms with Gasteiger partial charge in [-0.2, -0.15) is 0 Å². The highest BCUT2D eigenvalue weighted by atomic mass is 35.5. The molecule has 1 aliphatic rings. The van der Waals surface area contributed by atoms with Gasteiger partial charge in [-0.1, -0.05) is 22.9 Å². The maximum absolute atomic E-state index is 12.4. The normalized spacial score (nSPS) is 17.5. The van der Waals surface area contributed by atoms with Crippen LogP contribution in [0.25, 0.3) is 0 Å². The molecule has 7 heteroatoms. The summed E-state index contributed by atoms with van der Waals surface area (Å²) >= 11 is 7.59. The molecule has 0 bridgehead atoms. The zero-order valence-corrected chi connectivity index (χ0v) is 11.7. The lowest BCUT2D eigenvalue weighted by Gasteiger charge is -2.06. The smallest absolute Gasteiger partial charge is 0.305 e. The van der Waals surface area contributed by atoms with Gasteiger partial charge < -0.3 is 4.98 Å². The molecule has 0 saturated carbocycles. The Morgan fingerprint density at radius 3 is 2.58 bits per heavy atom. The van der Waals surface area contributed by atoms with Crippen molar-refractivity contribution < 1.29 is 9.59 Å². The standard InChI is InChI=1S/C12H6ClNO3S2/c13-6-3-1-5(2-4-6)8(15)7-9-10(19-11(7)16)14-12(17)18-9/h1-4,7H,(H,14,17). The number of hydrogen-bond acceptors (Lipinski definition) is 5. The van der Waals surface area contributed by atoms with Crippen molar-refractivity contribution in [3.05, 3.63) is 49.4 Å². The van der Waals surface area contributed by atoms with Crippen LogP contribution in [0.2, 0.25) is 5.02 Å². The minimum absolute atomic E-state index is 0.251. The Morgan fingerprint density at radius 1 is 1.21 bits per heavy atom. The number of rotatable bonds is 2. The van der Waals surface area contributed by atoms with Gasteiger partial charge in [0.25, 0.3) is 0 Å². The number of nitrogens with one attached hydrogen (secondary N) is 1. The Labute approximate surface area is 120 Å². The van der Waals surface area contributed by atoms with Crippen LogP contribution < -0.4 is 4.87 Å². The summed E-state index contributed by atoms with van der Waals surface area (Å²) in [5.74, 6) is -1.19. The van der Waals surface area contributed by atoms with E-state index in [9.17, 15) is 14.4 Å². The Hall–Kier alpha value is -1.37. The van der Waals surface area contributed by atoms with Crippen molar-refractivity contribution in [2.24, 2.45) is 0 Å². The first-order chi connectivity index (χ1) is 9.06. The number of H-pyrrole nitrogens is 1. The van der Waals surface area contributed by atoms with E-state index in [2.05, 4.69) is 4.98 Å². The lowest BCUT2D eigenvalue weighted by molar-refractivity contribution is -0.111. The number of carbonyl (C=O) groups excluding carboxylic acids is 2. The minimum Gasteiger partial charge on any atom is -0.307 e. The molecule has 0 fully saturated rings. The van der Waals surface area contributed by atoms with E-state index < -0.39 is 5.92 Å². The Bertz CT molecular complexity index is 732. The quantitative estimate of drug-likeness (QED) is 0.684. The summed E-state index contributed by atoms with van der Waals surface area (Å²) < 4.78 is 0. The highest BCUT2D eigenvalue weighted by Crippen LogP contribution is 2.42. The van der Waals surface area contributed by atoms with E-state index in [1.807, 2.05) is 0 Å². The third kappa shape index (κ3) is 2.16. The molecule has 0 radical (unpaired) electrons. The lowest BCUT2D eigenvalue weighted by Crippen LogP contribution is -2.15. The van der Waals surface area contributed by atoms with E-state index in [0.29, 0.717) is 20.5 Å². The van der Waals surface area contributed by atoms with Crippen molar-refractivity contribution in [2.75, 3.05) is 0 Å². The van der Waals surface area contributed by atoms with Crippen LogP contribution in [0, 0.1) is 0 Å². The minimum atomic E-state index is -0.884. The van der Waals surface area contributed by atoms with Crippen molar-refractivity contribution in [2.45, 2.75) is 10.9 Å². The second-order valence-corrected chi connectivity index (χ2v) is 6.40. The summed E-state index contributed by atoms with van der Waals surface area (Å²) in [4.78, 5) is 38.3. The van der Waals surface area contributed by atoms with Gasteiger partial charge in [-0.05, 0) is 36.0 Å². The summed E-state index contributed by atoms with van der Waals surface area (Å²) in [6, 6.07) is 6.36. The predicted octanol–water partition coefficient (Wildman–Crippen LogP) is 2.69. The van der Waals surface area contributed by atoms with E-state index in [0.717, 1.165) is 23.1 Å². The molecule has 0 amide bonds. The number of aromatic nitrogens is 1. The molecule has 3 rings (SSSR count). The van der Waals surface area contributed by atoms with Crippen molar-refractivity contribution in [1.82, 2.24) is 4.98 Å². The molecule has 2 aromatic rings. The molecule has 96 valence electrons. The molecule has 4 nitrogen and oxygen atoms in total. The molecule has 2 heterocycles. The van der Waals surface area contributed by atoms with Crippen molar-refractivity contribution in [1.29, 1.82) is 0 Å². The molecule has 1 aromatic heterocycles. The molecule has 0 spiro atoms. The number of fused-ring (bicyclic) bond motifs is 1. The monoisotopic (exact) mass is 311 g/mol. The van der Waals surface area contributed by atoms with Crippen LogP contribution in [-0.4, -0.2) is 15.9 Å². The van der Waals surface area contributed by atoms with Gasteiger partial charge >= 0.3 is 4.87 Å². The third-order valence-electron chi connectivity index (χ3n) is 2.73. The van der Waals surface area contributed by atoms with Crippen LogP contribution in [0.15, 0.2) is 34.1 Å². The fraction of sp³-hybridized carbons (Fsp3) is 0.0833. The second-order valence-electron chi connectivity index (χ2n) is 3.93. The van der Waals surface area contributed by atoms with Crippen molar-refractivity contribution in [3.63, 3.8) is 0 Å². The molecule has 0 aliphatic carbocycles. The second kappa shape index (κ2) is 4.63. The summed E-state index contributed by atoms with van der Waals surface area (Å²) in [6.45, 7) is 0. The molecule has 1 aromatic carbocycles. The van der Waals surface area contributed by atoms with Gasteiger partial charge in [0.05, 0.1) is 9.90 Å². The van der Waals surface area contributed by atoms with Crippen LogP contribution in [0.5, 0.6) is 0 Å².